The van der Waals surface area contributed by atoms with Crippen molar-refractivity contribution in [3.8, 4) is 0 Å². The van der Waals surface area contributed by atoms with E-state index in [4.69, 9.17) is 5.73 Å². The Morgan fingerprint density at radius 2 is 2.00 bits per heavy atom. The standard InChI is InChI=1S/C14H22N2OS/c1-4-9-16(14(17)11(2)10-18-3)13-7-5-12(15)6-8-13/h5-8,11H,4,9-10,15H2,1-3H3. The van der Waals surface area contributed by atoms with E-state index in [0.29, 0.717) is 0 Å². The summed E-state index contributed by atoms with van der Waals surface area (Å²) in [4.78, 5) is 14.3. The van der Waals surface area contributed by atoms with E-state index < -0.39 is 0 Å². The number of hydrogen-bond donors (Lipinski definition) is 1. The lowest BCUT2D eigenvalue weighted by molar-refractivity contribution is -0.121. The van der Waals surface area contributed by atoms with Gasteiger partial charge in [0.05, 0.1) is 0 Å². The lowest BCUT2D eigenvalue weighted by Crippen LogP contribution is -2.36. The molecule has 1 aromatic rings. The lowest BCUT2D eigenvalue weighted by atomic mass is 10.1. The van der Waals surface area contributed by atoms with Crippen LogP contribution >= 0.6 is 11.8 Å². The fourth-order valence-electron chi connectivity index (χ4n) is 1.83. The number of amides is 1. The van der Waals surface area contributed by atoms with Gasteiger partial charge in [0.2, 0.25) is 5.91 Å². The first-order valence-electron chi connectivity index (χ1n) is 6.26. The Hall–Kier alpha value is -1.16. The average molecular weight is 266 g/mol. The largest absolute Gasteiger partial charge is 0.399 e. The Bertz CT molecular complexity index is 378. The van der Waals surface area contributed by atoms with Gasteiger partial charge < -0.3 is 10.6 Å². The molecule has 0 spiro atoms. The molecule has 1 amide bonds. The zero-order valence-electron chi connectivity index (χ0n) is 11.3. The van der Waals surface area contributed by atoms with Crippen LogP contribution in [0.2, 0.25) is 0 Å². The number of nitrogens with zero attached hydrogens (tertiary/aromatic N) is 1. The molecule has 100 valence electrons. The van der Waals surface area contributed by atoms with Gasteiger partial charge in [-0.15, -0.1) is 0 Å². The van der Waals surface area contributed by atoms with Crippen molar-refractivity contribution in [3.63, 3.8) is 0 Å². The number of benzene rings is 1. The maximum atomic E-state index is 12.4. The molecule has 1 atom stereocenters. The van der Waals surface area contributed by atoms with Crippen molar-refractivity contribution >= 4 is 29.0 Å². The normalized spacial score (nSPS) is 12.2. The fourth-order valence-corrected chi connectivity index (χ4v) is 2.47. The highest BCUT2D eigenvalue weighted by atomic mass is 32.2. The molecule has 0 bridgehead atoms. The van der Waals surface area contributed by atoms with E-state index in [2.05, 4.69) is 6.92 Å². The molecule has 2 N–H and O–H groups in total. The lowest BCUT2D eigenvalue weighted by Gasteiger charge is -2.25. The van der Waals surface area contributed by atoms with Crippen molar-refractivity contribution < 1.29 is 4.79 Å². The van der Waals surface area contributed by atoms with Crippen molar-refractivity contribution in [1.29, 1.82) is 0 Å². The molecule has 0 aliphatic rings. The third-order valence-corrected chi connectivity index (χ3v) is 3.59. The topological polar surface area (TPSA) is 46.3 Å². The maximum Gasteiger partial charge on any atom is 0.230 e. The molecule has 0 saturated heterocycles. The van der Waals surface area contributed by atoms with Crippen LogP contribution in [0.3, 0.4) is 0 Å². The van der Waals surface area contributed by atoms with Crippen molar-refractivity contribution in [3.05, 3.63) is 24.3 Å². The van der Waals surface area contributed by atoms with Gasteiger partial charge in [0, 0.05) is 29.6 Å². The van der Waals surface area contributed by atoms with E-state index in [0.717, 1.165) is 30.1 Å². The zero-order valence-corrected chi connectivity index (χ0v) is 12.2. The van der Waals surface area contributed by atoms with Crippen LogP contribution in [0.15, 0.2) is 24.3 Å². The minimum Gasteiger partial charge on any atom is -0.399 e. The van der Waals surface area contributed by atoms with Crippen LogP contribution in [0.5, 0.6) is 0 Å². The van der Waals surface area contributed by atoms with E-state index in [1.54, 1.807) is 11.8 Å². The number of hydrogen-bond acceptors (Lipinski definition) is 3. The van der Waals surface area contributed by atoms with E-state index in [1.807, 2.05) is 42.3 Å². The number of nitrogen functional groups attached to an aromatic ring is 1. The van der Waals surface area contributed by atoms with Gasteiger partial charge in [-0.05, 0) is 36.9 Å². The Morgan fingerprint density at radius 1 is 1.39 bits per heavy atom. The number of anilines is 2. The highest BCUT2D eigenvalue weighted by molar-refractivity contribution is 7.98. The molecular formula is C14H22N2OS. The van der Waals surface area contributed by atoms with Gasteiger partial charge in [0.25, 0.3) is 0 Å². The number of thioether (sulfide) groups is 1. The van der Waals surface area contributed by atoms with Crippen molar-refractivity contribution in [2.45, 2.75) is 20.3 Å². The van der Waals surface area contributed by atoms with Gasteiger partial charge in [0.15, 0.2) is 0 Å². The summed E-state index contributed by atoms with van der Waals surface area (Å²) in [5, 5.41) is 0. The fraction of sp³-hybridized carbons (Fsp3) is 0.500. The number of carbonyl (C=O) groups excluding carboxylic acids is 1. The molecule has 0 saturated carbocycles. The Labute approximate surface area is 114 Å². The third-order valence-electron chi connectivity index (χ3n) is 2.76. The van der Waals surface area contributed by atoms with E-state index >= 15 is 0 Å². The smallest absolute Gasteiger partial charge is 0.230 e. The third kappa shape index (κ3) is 3.95. The maximum absolute atomic E-state index is 12.4. The molecule has 0 radical (unpaired) electrons. The number of nitrogens with two attached hydrogens (primary N) is 1. The SMILES string of the molecule is CCCN(C(=O)C(C)CSC)c1ccc(N)cc1. The first-order valence-corrected chi connectivity index (χ1v) is 7.65. The molecule has 4 heteroatoms. The molecule has 0 heterocycles. The molecule has 1 rings (SSSR count). The summed E-state index contributed by atoms with van der Waals surface area (Å²) >= 11 is 1.70. The Morgan fingerprint density at radius 3 is 2.50 bits per heavy atom. The van der Waals surface area contributed by atoms with E-state index in [-0.39, 0.29) is 11.8 Å². The highest BCUT2D eigenvalue weighted by Crippen LogP contribution is 2.20. The molecule has 0 aliphatic carbocycles. The Kier molecular flexibility index (Phi) is 6.05. The molecule has 1 aromatic carbocycles. The molecule has 0 aliphatic heterocycles. The van der Waals surface area contributed by atoms with Crippen LogP contribution < -0.4 is 10.6 Å². The second-order valence-corrected chi connectivity index (χ2v) is 5.35. The summed E-state index contributed by atoms with van der Waals surface area (Å²) in [7, 11) is 0. The molecular weight excluding hydrogens is 244 g/mol. The summed E-state index contributed by atoms with van der Waals surface area (Å²) in [6, 6.07) is 7.50. The first-order chi connectivity index (χ1) is 8.60. The zero-order chi connectivity index (χ0) is 13.5. The van der Waals surface area contributed by atoms with Crippen LogP contribution in [0.1, 0.15) is 20.3 Å². The monoisotopic (exact) mass is 266 g/mol. The number of carbonyl (C=O) groups is 1. The second-order valence-electron chi connectivity index (χ2n) is 4.44. The summed E-state index contributed by atoms with van der Waals surface area (Å²) in [6.45, 7) is 4.82. The summed E-state index contributed by atoms with van der Waals surface area (Å²) < 4.78 is 0. The molecule has 18 heavy (non-hydrogen) atoms. The number of rotatable bonds is 6. The second kappa shape index (κ2) is 7.31. The molecule has 3 nitrogen and oxygen atoms in total. The quantitative estimate of drug-likeness (QED) is 0.805. The van der Waals surface area contributed by atoms with Crippen LogP contribution in [0.4, 0.5) is 11.4 Å². The van der Waals surface area contributed by atoms with Crippen LogP contribution in [-0.2, 0) is 4.79 Å². The van der Waals surface area contributed by atoms with Gasteiger partial charge in [-0.3, -0.25) is 4.79 Å². The predicted molar refractivity (Wildman–Crippen MR) is 81.0 cm³/mol. The van der Waals surface area contributed by atoms with Crippen molar-refractivity contribution in [1.82, 2.24) is 0 Å². The van der Waals surface area contributed by atoms with Gasteiger partial charge in [-0.25, -0.2) is 0 Å². The molecule has 1 unspecified atom stereocenters. The predicted octanol–water partition coefficient (Wildman–Crippen LogP) is 3.01. The minimum absolute atomic E-state index is 0.0455. The van der Waals surface area contributed by atoms with Crippen molar-refractivity contribution in [2.75, 3.05) is 29.2 Å². The molecule has 0 aromatic heterocycles. The van der Waals surface area contributed by atoms with Crippen LogP contribution in [0, 0.1) is 5.92 Å². The minimum atomic E-state index is 0.0455. The van der Waals surface area contributed by atoms with Gasteiger partial charge in [-0.2, -0.15) is 11.8 Å². The summed E-state index contributed by atoms with van der Waals surface area (Å²) in [5.41, 5.74) is 7.33. The summed E-state index contributed by atoms with van der Waals surface area (Å²) in [5.74, 6) is 1.09. The van der Waals surface area contributed by atoms with Crippen molar-refractivity contribution in [2.24, 2.45) is 5.92 Å². The first kappa shape index (κ1) is 14.9. The van der Waals surface area contributed by atoms with Gasteiger partial charge >= 0.3 is 0 Å². The Balaban J connectivity index is 2.87. The highest BCUT2D eigenvalue weighted by Gasteiger charge is 2.20. The van der Waals surface area contributed by atoms with Crippen LogP contribution in [-0.4, -0.2) is 24.5 Å². The van der Waals surface area contributed by atoms with E-state index in [1.165, 1.54) is 0 Å². The molecule has 0 fully saturated rings. The van der Waals surface area contributed by atoms with Gasteiger partial charge in [-0.1, -0.05) is 13.8 Å². The van der Waals surface area contributed by atoms with E-state index in [9.17, 15) is 4.79 Å². The van der Waals surface area contributed by atoms with Gasteiger partial charge in [0.1, 0.15) is 0 Å². The van der Waals surface area contributed by atoms with Crippen LogP contribution in [0.25, 0.3) is 0 Å². The average Bonchev–Trinajstić information content (AvgIpc) is 2.37. The summed E-state index contributed by atoms with van der Waals surface area (Å²) in [6.07, 6.45) is 2.97.